The zero-order valence-electron chi connectivity index (χ0n) is 10.1. The van der Waals surface area contributed by atoms with Crippen molar-refractivity contribution in [3.8, 4) is 11.3 Å². The maximum absolute atomic E-state index is 10.7. The molecule has 2 N–H and O–H groups in total. The average molecular weight is 341 g/mol. The highest BCUT2D eigenvalue weighted by Gasteiger charge is 2.12. The van der Waals surface area contributed by atoms with Crippen LogP contribution in [-0.2, 0) is 4.79 Å². The maximum Gasteiger partial charge on any atom is 0.241 e. The second-order valence-corrected chi connectivity index (χ2v) is 5.31. The van der Waals surface area contributed by atoms with Crippen LogP contribution in [0, 0.1) is 6.92 Å². The number of rotatable bonds is 3. The molecule has 0 atom stereocenters. The largest absolute Gasteiger partial charge is 0.455 e. The molecule has 0 spiro atoms. The van der Waals surface area contributed by atoms with Crippen LogP contribution in [0.25, 0.3) is 17.4 Å². The van der Waals surface area contributed by atoms with Gasteiger partial charge in [0, 0.05) is 16.7 Å². The number of hydrogen-bond acceptors (Lipinski definition) is 2. The number of furan rings is 1. The molecule has 98 valence electrons. The van der Waals surface area contributed by atoms with E-state index in [0.717, 1.165) is 15.6 Å². The van der Waals surface area contributed by atoms with Crippen LogP contribution < -0.4 is 5.73 Å². The van der Waals surface area contributed by atoms with E-state index >= 15 is 0 Å². The van der Waals surface area contributed by atoms with Crippen LogP contribution in [0.3, 0.4) is 0 Å². The second-order valence-electron chi connectivity index (χ2n) is 4.02. The van der Waals surface area contributed by atoms with Crippen molar-refractivity contribution in [3.63, 3.8) is 0 Å². The summed E-state index contributed by atoms with van der Waals surface area (Å²) in [6, 6.07) is 7.34. The highest BCUT2D eigenvalue weighted by atomic mass is 79.9. The van der Waals surface area contributed by atoms with E-state index in [0.29, 0.717) is 16.5 Å². The molecule has 0 aliphatic carbocycles. The van der Waals surface area contributed by atoms with Crippen LogP contribution in [0.4, 0.5) is 0 Å². The first-order chi connectivity index (χ1) is 8.97. The van der Waals surface area contributed by atoms with Crippen molar-refractivity contribution in [2.45, 2.75) is 6.92 Å². The summed E-state index contributed by atoms with van der Waals surface area (Å²) in [5.74, 6) is 0.727. The summed E-state index contributed by atoms with van der Waals surface area (Å²) in [7, 11) is 0. The number of nitrogens with two attached hydrogens (primary N) is 1. The molecule has 0 aliphatic rings. The van der Waals surface area contributed by atoms with Gasteiger partial charge in [-0.3, -0.25) is 4.79 Å². The van der Waals surface area contributed by atoms with Crippen LogP contribution in [0.2, 0.25) is 5.02 Å². The van der Waals surface area contributed by atoms with Crippen molar-refractivity contribution in [2.75, 3.05) is 0 Å². The van der Waals surface area contributed by atoms with Gasteiger partial charge in [-0.05, 0) is 58.8 Å². The van der Waals surface area contributed by atoms with Crippen molar-refractivity contribution < 1.29 is 9.21 Å². The van der Waals surface area contributed by atoms with E-state index < -0.39 is 5.91 Å². The molecule has 0 saturated heterocycles. The molecule has 0 aliphatic heterocycles. The fraction of sp³-hybridized carbons (Fsp3) is 0.0714. The lowest BCUT2D eigenvalue weighted by Crippen LogP contribution is -2.04. The molecule has 2 aromatic rings. The second kappa shape index (κ2) is 5.63. The smallest absolute Gasteiger partial charge is 0.241 e. The lowest BCUT2D eigenvalue weighted by molar-refractivity contribution is -0.113. The Kier molecular flexibility index (Phi) is 4.12. The summed E-state index contributed by atoms with van der Waals surface area (Å²) in [6.07, 6.45) is 2.78. The summed E-state index contributed by atoms with van der Waals surface area (Å²) < 4.78 is 6.49. The molecule has 1 aromatic heterocycles. The van der Waals surface area contributed by atoms with Gasteiger partial charge in [0.1, 0.15) is 11.5 Å². The standard InChI is InChI=1S/C14H11BrClNO2/c1-8-6-9(16)2-4-11(8)14-12(15)7-10(19-14)3-5-13(17)18/h2-7H,1H3,(H2,17,18)/b5-3-. The molecule has 1 aromatic carbocycles. The zero-order valence-corrected chi connectivity index (χ0v) is 12.5. The molecule has 1 amide bonds. The van der Waals surface area contributed by atoms with Gasteiger partial charge in [0.2, 0.25) is 5.91 Å². The zero-order chi connectivity index (χ0) is 14.0. The van der Waals surface area contributed by atoms with Crippen molar-refractivity contribution in [1.29, 1.82) is 0 Å². The monoisotopic (exact) mass is 339 g/mol. The van der Waals surface area contributed by atoms with Gasteiger partial charge in [-0.15, -0.1) is 0 Å². The van der Waals surface area contributed by atoms with Crippen LogP contribution >= 0.6 is 27.5 Å². The van der Waals surface area contributed by atoms with Crippen molar-refractivity contribution in [3.05, 3.63) is 51.2 Å². The molecule has 0 radical (unpaired) electrons. The van der Waals surface area contributed by atoms with E-state index in [1.54, 1.807) is 12.1 Å². The molecule has 0 bridgehead atoms. The van der Waals surface area contributed by atoms with E-state index in [-0.39, 0.29) is 0 Å². The Morgan fingerprint density at radius 2 is 2.16 bits per heavy atom. The first kappa shape index (κ1) is 13.9. The Morgan fingerprint density at radius 3 is 2.79 bits per heavy atom. The predicted octanol–water partition coefficient (Wildman–Crippen LogP) is 4.17. The Hall–Kier alpha value is -1.52. The topological polar surface area (TPSA) is 56.2 Å². The lowest BCUT2D eigenvalue weighted by atomic mass is 10.1. The van der Waals surface area contributed by atoms with Gasteiger partial charge in [-0.25, -0.2) is 0 Å². The van der Waals surface area contributed by atoms with Crippen LogP contribution in [0.15, 0.2) is 39.2 Å². The summed E-state index contributed by atoms with van der Waals surface area (Å²) >= 11 is 9.37. The van der Waals surface area contributed by atoms with Crippen molar-refractivity contribution in [1.82, 2.24) is 0 Å². The number of carbonyl (C=O) groups is 1. The van der Waals surface area contributed by atoms with Crippen LogP contribution in [-0.4, -0.2) is 5.91 Å². The number of benzene rings is 1. The third kappa shape index (κ3) is 3.28. The average Bonchev–Trinajstić information content (AvgIpc) is 2.68. The summed E-state index contributed by atoms with van der Waals surface area (Å²) in [6.45, 7) is 1.95. The fourth-order valence-corrected chi connectivity index (χ4v) is 2.45. The minimum atomic E-state index is -0.517. The number of aryl methyl sites for hydroxylation is 1. The molecule has 19 heavy (non-hydrogen) atoms. The Labute approximate surface area is 124 Å². The van der Waals surface area contributed by atoms with E-state index in [9.17, 15) is 4.79 Å². The molecular weight excluding hydrogens is 330 g/mol. The van der Waals surface area contributed by atoms with Crippen molar-refractivity contribution >= 4 is 39.5 Å². The minimum absolute atomic E-state index is 0.517. The first-order valence-electron chi connectivity index (χ1n) is 5.51. The highest BCUT2D eigenvalue weighted by molar-refractivity contribution is 9.10. The normalized spacial score (nSPS) is 11.1. The van der Waals surface area contributed by atoms with Gasteiger partial charge in [0.15, 0.2) is 0 Å². The summed E-state index contributed by atoms with van der Waals surface area (Å²) in [5.41, 5.74) is 6.99. The van der Waals surface area contributed by atoms with Gasteiger partial charge >= 0.3 is 0 Å². The lowest BCUT2D eigenvalue weighted by Gasteiger charge is -2.03. The third-order valence-electron chi connectivity index (χ3n) is 2.55. The molecule has 1 heterocycles. The van der Waals surface area contributed by atoms with Crippen LogP contribution in [0.5, 0.6) is 0 Å². The van der Waals surface area contributed by atoms with Gasteiger partial charge in [-0.1, -0.05) is 11.6 Å². The molecule has 0 unspecified atom stereocenters. The van der Waals surface area contributed by atoms with Gasteiger partial charge in [0.25, 0.3) is 0 Å². The molecule has 5 heteroatoms. The highest BCUT2D eigenvalue weighted by Crippen LogP contribution is 2.34. The Bertz CT molecular complexity index is 661. The van der Waals surface area contributed by atoms with Crippen molar-refractivity contribution in [2.24, 2.45) is 5.73 Å². The summed E-state index contributed by atoms with van der Waals surface area (Å²) in [4.78, 5) is 10.7. The number of hydrogen-bond donors (Lipinski definition) is 1. The molecule has 0 saturated carbocycles. The quantitative estimate of drug-likeness (QED) is 0.853. The van der Waals surface area contributed by atoms with E-state index in [1.165, 1.54) is 12.2 Å². The van der Waals surface area contributed by atoms with E-state index in [4.69, 9.17) is 21.8 Å². The maximum atomic E-state index is 10.7. The Morgan fingerprint density at radius 1 is 1.42 bits per heavy atom. The van der Waals surface area contributed by atoms with Crippen LogP contribution in [0.1, 0.15) is 11.3 Å². The number of halogens is 2. The Balaban J connectivity index is 2.43. The number of carbonyl (C=O) groups excluding carboxylic acids is 1. The molecule has 0 fully saturated rings. The fourth-order valence-electron chi connectivity index (χ4n) is 1.70. The number of primary amides is 1. The number of amides is 1. The molecular formula is C14H11BrClNO2. The van der Waals surface area contributed by atoms with Gasteiger partial charge < -0.3 is 10.2 Å². The van der Waals surface area contributed by atoms with E-state index in [2.05, 4.69) is 15.9 Å². The third-order valence-corrected chi connectivity index (χ3v) is 3.37. The molecule has 2 rings (SSSR count). The SMILES string of the molecule is Cc1cc(Cl)ccc1-c1oc(/C=C\C(N)=O)cc1Br. The van der Waals surface area contributed by atoms with E-state index in [1.807, 2.05) is 19.1 Å². The van der Waals surface area contributed by atoms with Gasteiger partial charge in [0.05, 0.1) is 4.47 Å². The minimum Gasteiger partial charge on any atom is -0.455 e. The first-order valence-corrected chi connectivity index (χ1v) is 6.68. The summed E-state index contributed by atoms with van der Waals surface area (Å²) in [5, 5.41) is 0.678. The molecule has 3 nitrogen and oxygen atoms in total. The predicted molar refractivity (Wildman–Crippen MR) is 79.8 cm³/mol. The van der Waals surface area contributed by atoms with Gasteiger partial charge in [-0.2, -0.15) is 0 Å².